The molecule has 0 aliphatic carbocycles. The molecule has 10 heteroatoms. The lowest BCUT2D eigenvalue weighted by atomic mass is 9.95. The smallest absolute Gasteiger partial charge is 0.308 e. The lowest BCUT2D eigenvalue weighted by Gasteiger charge is -2.34. The van der Waals surface area contributed by atoms with Crippen LogP contribution in [0.5, 0.6) is 0 Å². The number of esters is 2. The van der Waals surface area contributed by atoms with Gasteiger partial charge < -0.3 is 19.7 Å². The van der Waals surface area contributed by atoms with Crippen molar-refractivity contribution in [1.82, 2.24) is 15.2 Å². The van der Waals surface area contributed by atoms with Crippen molar-refractivity contribution in [3.63, 3.8) is 0 Å². The van der Waals surface area contributed by atoms with Crippen LogP contribution in [0.2, 0.25) is 0 Å². The quantitative estimate of drug-likeness (QED) is 0.268. The van der Waals surface area contributed by atoms with E-state index in [0.717, 1.165) is 5.56 Å². The molecular weight excluding hydrogens is 554 g/mol. The molecule has 0 aliphatic rings. The van der Waals surface area contributed by atoms with Gasteiger partial charge >= 0.3 is 11.9 Å². The summed E-state index contributed by atoms with van der Waals surface area (Å²) in [6.45, 7) is 13.0. The minimum Gasteiger partial charge on any atom is -0.469 e. The van der Waals surface area contributed by atoms with E-state index in [-0.39, 0.29) is 47.4 Å². The number of carbonyl (C=O) groups excluding carboxylic acids is 4. The molecule has 0 fully saturated rings. The predicted molar refractivity (Wildman–Crippen MR) is 164 cm³/mol. The number of hydrogen-bond donors (Lipinski definition) is 1. The SMILES string of the molecule is COC(=O)[C@@H](C)C[C@H](Cc1ccccc1)NC(=O)c1nc([C@@H](CC(C(C)C)N(C)C(=O)CC(C)C)OC(C)=O)sc1C. The number of nitrogens with one attached hydrogen (secondary N) is 1. The topological polar surface area (TPSA) is 115 Å². The molecule has 2 amide bonds. The number of thiazole rings is 1. The normalized spacial score (nSPS) is 14.2. The first-order valence-corrected chi connectivity index (χ1v) is 15.4. The zero-order valence-corrected chi connectivity index (χ0v) is 27.2. The number of rotatable bonds is 15. The van der Waals surface area contributed by atoms with E-state index >= 15 is 0 Å². The fourth-order valence-electron chi connectivity index (χ4n) is 5.01. The van der Waals surface area contributed by atoms with Crippen LogP contribution in [-0.2, 0) is 30.3 Å². The van der Waals surface area contributed by atoms with Gasteiger partial charge in [-0.05, 0) is 37.2 Å². The van der Waals surface area contributed by atoms with Crippen LogP contribution in [0.3, 0.4) is 0 Å². The van der Waals surface area contributed by atoms with E-state index in [0.29, 0.717) is 35.6 Å². The van der Waals surface area contributed by atoms with Crippen LogP contribution in [0.1, 0.15) is 92.8 Å². The van der Waals surface area contributed by atoms with E-state index in [1.54, 1.807) is 18.9 Å². The summed E-state index contributed by atoms with van der Waals surface area (Å²) >= 11 is 1.30. The maximum Gasteiger partial charge on any atom is 0.308 e. The summed E-state index contributed by atoms with van der Waals surface area (Å²) in [5, 5.41) is 3.58. The Hall–Kier alpha value is -3.27. The summed E-state index contributed by atoms with van der Waals surface area (Å²) in [6, 6.07) is 9.21. The molecule has 0 radical (unpaired) electrons. The molecular formula is C32H47N3O6S. The van der Waals surface area contributed by atoms with Crippen molar-refractivity contribution >= 4 is 35.1 Å². The largest absolute Gasteiger partial charge is 0.469 e. The van der Waals surface area contributed by atoms with Gasteiger partial charge in [0.15, 0.2) is 6.10 Å². The average Bonchev–Trinajstić information content (AvgIpc) is 3.31. The highest BCUT2D eigenvalue weighted by Crippen LogP contribution is 2.32. The van der Waals surface area contributed by atoms with Gasteiger partial charge in [-0.2, -0.15) is 0 Å². The number of ether oxygens (including phenoxy) is 2. The average molecular weight is 602 g/mol. The molecule has 2 aromatic rings. The van der Waals surface area contributed by atoms with Crippen molar-refractivity contribution in [2.45, 2.75) is 92.3 Å². The maximum atomic E-state index is 13.5. The highest BCUT2D eigenvalue weighted by atomic mass is 32.1. The molecule has 1 aromatic carbocycles. The second kappa shape index (κ2) is 16.4. The maximum absolute atomic E-state index is 13.5. The van der Waals surface area contributed by atoms with E-state index in [1.807, 2.05) is 65.0 Å². The lowest BCUT2D eigenvalue weighted by molar-refractivity contribution is -0.148. The minimum absolute atomic E-state index is 0.0336. The van der Waals surface area contributed by atoms with Gasteiger partial charge in [-0.3, -0.25) is 19.2 Å². The summed E-state index contributed by atoms with van der Waals surface area (Å²) in [5.74, 6) is -1.21. The molecule has 232 valence electrons. The number of benzene rings is 1. The van der Waals surface area contributed by atoms with Crippen LogP contribution >= 0.6 is 11.3 Å². The fraction of sp³-hybridized carbons (Fsp3) is 0.594. The number of hydrogen-bond acceptors (Lipinski definition) is 8. The first-order chi connectivity index (χ1) is 19.7. The van der Waals surface area contributed by atoms with Crippen LogP contribution in [0.15, 0.2) is 30.3 Å². The van der Waals surface area contributed by atoms with Crippen molar-refractivity contribution in [3.8, 4) is 0 Å². The van der Waals surface area contributed by atoms with E-state index in [4.69, 9.17) is 9.47 Å². The van der Waals surface area contributed by atoms with Gasteiger partial charge in [0, 0.05) is 43.8 Å². The van der Waals surface area contributed by atoms with Crippen LogP contribution < -0.4 is 5.32 Å². The highest BCUT2D eigenvalue weighted by molar-refractivity contribution is 7.12. The second-order valence-corrected chi connectivity index (χ2v) is 13.0. The number of aromatic nitrogens is 1. The van der Waals surface area contributed by atoms with Gasteiger partial charge in [-0.25, -0.2) is 4.98 Å². The Kier molecular flexibility index (Phi) is 13.6. The standard InChI is InChI=1S/C32H47N3O6S/c1-19(2)15-28(37)35(8)26(20(3)4)18-27(41-23(7)36)31-34-29(22(6)42-31)30(38)33-25(16-21(5)32(39)40-9)17-24-13-11-10-12-14-24/h10-14,19-21,25-27H,15-18H2,1-9H3,(H,33,38)/t21-,25+,26?,27+/m0/s1. The van der Waals surface area contributed by atoms with E-state index < -0.39 is 18.0 Å². The molecule has 1 unspecified atom stereocenters. The van der Waals surface area contributed by atoms with Gasteiger partial charge in [0.25, 0.3) is 5.91 Å². The Morgan fingerprint density at radius 3 is 2.21 bits per heavy atom. The van der Waals surface area contributed by atoms with E-state index in [1.165, 1.54) is 25.4 Å². The molecule has 1 N–H and O–H groups in total. The third-order valence-corrected chi connectivity index (χ3v) is 8.28. The van der Waals surface area contributed by atoms with Crippen molar-refractivity contribution < 1.29 is 28.7 Å². The summed E-state index contributed by atoms with van der Waals surface area (Å²) in [5.41, 5.74) is 1.28. The Balaban J connectivity index is 2.32. The predicted octanol–water partition coefficient (Wildman–Crippen LogP) is 5.52. The van der Waals surface area contributed by atoms with Crippen LogP contribution in [0.25, 0.3) is 0 Å². The molecule has 42 heavy (non-hydrogen) atoms. The van der Waals surface area contributed by atoms with E-state index in [9.17, 15) is 19.2 Å². The molecule has 1 aromatic heterocycles. The molecule has 2 rings (SSSR count). The number of aryl methyl sites for hydroxylation is 1. The van der Waals surface area contributed by atoms with Crippen molar-refractivity contribution in [2.75, 3.05) is 14.2 Å². The van der Waals surface area contributed by atoms with E-state index in [2.05, 4.69) is 10.3 Å². The molecule has 0 bridgehead atoms. The number of amides is 2. The fourth-order valence-corrected chi connectivity index (χ4v) is 5.97. The lowest BCUT2D eigenvalue weighted by Crippen LogP contribution is -2.42. The first-order valence-electron chi connectivity index (χ1n) is 14.6. The molecule has 9 nitrogen and oxygen atoms in total. The number of carbonyl (C=O) groups is 4. The van der Waals surface area contributed by atoms with Crippen LogP contribution in [0, 0.1) is 24.7 Å². The summed E-state index contributed by atoms with van der Waals surface area (Å²) in [6.07, 6.45) is 1.00. The van der Waals surface area contributed by atoms with Crippen molar-refractivity contribution in [2.24, 2.45) is 17.8 Å². The van der Waals surface area contributed by atoms with Crippen LogP contribution in [-0.4, -0.2) is 59.9 Å². The molecule has 4 atom stereocenters. The van der Waals surface area contributed by atoms with Gasteiger partial charge in [0.05, 0.1) is 13.0 Å². The molecule has 0 aliphatic heterocycles. The monoisotopic (exact) mass is 601 g/mol. The Morgan fingerprint density at radius 2 is 1.67 bits per heavy atom. The van der Waals surface area contributed by atoms with Gasteiger partial charge in [0.2, 0.25) is 5.91 Å². The third-order valence-electron chi connectivity index (χ3n) is 7.21. The molecule has 0 spiro atoms. The van der Waals surface area contributed by atoms with Gasteiger partial charge in [-0.15, -0.1) is 11.3 Å². The summed E-state index contributed by atoms with van der Waals surface area (Å²) in [7, 11) is 3.14. The number of methoxy groups -OCH3 is 1. The van der Waals surface area contributed by atoms with Gasteiger partial charge in [-0.1, -0.05) is 65.0 Å². The third kappa shape index (κ3) is 10.5. The first kappa shape index (κ1) is 34.9. The minimum atomic E-state index is -0.714. The summed E-state index contributed by atoms with van der Waals surface area (Å²) < 4.78 is 10.6. The van der Waals surface area contributed by atoms with Crippen LogP contribution in [0.4, 0.5) is 0 Å². The zero-order valence-electron chi connectivity index (χ0n) is 26.4. The Labute approximate surface area is 254 Å². The molecule has 0 saturated carbocycles. The Morgan fingerprint density at radius 1 is 1.02 bits per heavy atom. The second-order valence-electron chi connectivity index (χ2n) is 11.7. The highest BCUT2D eigenvalue weighted by Gasteiger charge is 2.32. The molecule has 0 saturated heterocycles. The summed E-state index contributed by atoms with van der Waals surface area (Å²) in [4.78, 5) is 57.7. The number of nitrogens with zero attached hydrogens (tertiary/aromatic N) is 2. The van der Waals surface area contributed by atoms with Gasteiger partial charge in [0.1, 0.15) is 10.7 Å². The Bertz CT molecular complexity index is 1200. The van der Waals surface area contributed by atoms with Crippen molar-refractivity contribution in [1.29, 1.82) is 0 Å². The molecule has 1 heterocycles. The van der Waals surface area contributed by atoms with Crippen molar-refractivity contribution in [3.05, 3.63) is 51.5 Å². The zero-order chi connectivity index (χ0) is 31.6.